The third-order valence-electron chi connectivity index (χ3n) is 6.46. The zero-order chi connectivity index (χ0) is 23.2. The van der Waals surface area contributed by atoms with Crippen LogP contribution < -0.4 is 20.7 Å². The molecule has 1 aromatic heterocycles. The lowest BCUT2D eigenvalue weighted by Gasteiger charge is -2.42. The second kappa shape index (κ2) is 8.26. The minimum atomic E-state index is -0.586. The van der Waals surface area contributed by atoms with E-state index in [-0.39, 0.29) is 18.3 Å². The number of halogens is 2. The zero-order valence-corrected chi connectivity index (χ0v) is 18.8. The molecule has 2 aliphatic rings. The van der Waals surface area contributed by atoms with Crippen LogP contribution in [0.15, 0.2) is 34.7 Å². The van der Waals surface area contributed by atoms with E-state index in [2.05, 4.69) is 16.0 Å². The molecule has 1 aliphatic carbocycles. The van der Waals surface area contributed by atoms with Gasteiger partial charge in [0.2, 0.25) is 0 Å². The number of rotatable bonds is 4. The van der Waals surface area contributed by atoms with Gasteiger partial charge in [0, 0.05) is 29.1 Å². The minimum absolute atomic E-state index is 0.00782. The molecule has 1 aliphatic heterocycles. The van der Waals surface area contributed by atoms with E-state index in [1.165, 1.54) is 13.2 Å². The number of amides is 3. The molecule has 33 heavy (non-hydrogen) atoms. The molecule has 0 bridgehead atoms. The van der Waals surface area contributed by atoms with Crippen molar-refractivity contribution in [3.63, 3.8) is 0 Å². The van der Waals surface area contributed by atoms with E-state index in [0.717, 1.165) is 37.7 Å². The highest BCUT2D eigenvalue weighted by Gasteiger charge is 2.43. The third kappa shape index (κ3) is 3.78. The van der Waals surface area contributed by atoms with Crippen molar-refractivity contribution in [2.24, 2.45) is 0 Å². The molecule has 1 fully saturated rings. The van der Waals surface area contributed by atoms with Crippen LogP contribution in [0.5, 0.6) is 5.75 Å². The average Bonchev–Trinajstić information content (AvgIpc) is 3.22. The number of urea groups is 1. The van der Waals surface area contributed by atoms with Gasteiger partial charge in [-0.3, -0.25) is 4.79 Å². The molecule has 0 atom stereocenters. The highest BCUT2D eigenvalue weighted by molar-refractivity contribution is 6.35. The third-order valence-corrected chi connectivity index (χ3v) is 6.76. The summed E-state index contributed by atoms with van der Waals surface area (Å²) in [5, 5.41) is 9.64. The van der Waals surface area contributed by atoms with Gasteiger partial charge in [0.1, 0.15) is 17.1 Å². The van der Waals surface area contributed by atoms with Crippen molar-refractivity contribution >= 4 is 40.2 Å². The Labute approximate surface area is 194 Å². The summed E-state index contributed by atoms with van der Waals surface area (Å²) in [6.07, 6.45) is 4.56. The molecule has 0 unspecified atom stereocenters. The molecule has 9 heteroatoms. The Balaban J connectivity index is 1.48. The molecule has 7 nitrogen and oxygen atoms in total. The highest BCUT2D eigenvalue weighted by atomic mass is 35.5. The first-order valence-corrected chi connectivity index (χ1v) is 11.2. The van der Waals surface area contributed by atoms with Crippen LogP contribution in [0, 0.1) is 5.82 Å². The maximum absolute atomic E-state index is 14.2. The van der Waals surface area contributed by atoms with Crippen molar-refractivity contribution in [3.8, 4) is 5.75 Å². The monoisotopic (exact) mass is 471 g/mol. The SMILES string of the molecule is COc1ccc(CNC(=O)c2cc3cc(Cl)c4c(c3o2)C2(CCCCC2)NC(=O)N4)c(F)c1. The number of ether oxygens (including phenoxy) is 1. The number of furan rings is 1. The summed E-state index contributed by atoms with van der Waals surface area (Å²) >= 11 is 6.52. The largest absolute Gasteiger partial charge is 0.497 e. The first kappa shape index (κ1) is 21.6. The summed E-state index contributed by atoms with van der Waals surface area (Å²) in [5.74, 6) is -0.456. The van der Waals surface area contributed by atoms with E-state index in [1.807, 2.05) is 0 Å². The van der Waals surface area contributed by atoms with Crippen LogP contribution in [0.25, 0.3) is 11.0 Å². The lowest BCUT2D eigenvalue weighted by molar-refractivity contribution is 0.0924. The molecule has 0 saturated heterocycles. The predicted octanol–water partition coefficient (Wildman–Crippen LogP) is 5.46. The van der Waals surface area contributed by atoms with Crippen LogP contribution in [-0.4, -0.2) is 19.0 Å². The molecule has 0 radical (unpaired) electrons. The quantitative estimate of drug-likeness (QED) is 0.471. The lowest BCUT2D eigenvalue weighted by Crippen LogP contribution is -2.52. The van der Waals surface area contributed by atoms with Crippen LogP contribution >= 0.6 is 11.6 Å². The average molecular weight is 472 g/mol. The van der Waals surface area contributed by atoms with Crippen molar-refractivity contribution in [3.05, 3.63) is 58.1 Å². The molecule has 2 aromatic carbocycles. The summed E-state index contributed by atoms with van der Waals surface area (Å²) < 4.78 is 25.2. The smallest absolute Gasteiger partial charge is 0.319 e. The van der Waals surface area contributed by atoms with Gasteiger partial charge >= 0.3 is 6.03 Å². The number of nitrogens with one attached hydrogen (secondary N) is 3. The van der Waals surface area contributed by atoms with Gasteiger partial charge in [-0.2, -0.15) is 0 Å². The van der Waals surface area contributed by atoms with Crippen molar-refractivity contribution < 1.29 is 23.1 Å². The van der Waals surface area contributed by atoms with Gasteiger partial charge in [-0.15, -0.1) is 0 Å². The molecule has 1 spiro atoms. The van der Waals surface area contributed by atoms with Crippen LogP contribution in [0.1, 0.15) is 53.8 Å². The van der Waals surface area contributed by atoms with Gasteiger partial charge in [-0.05, 0) is 31.0 Å². The maximum Gasteiger partial charge on any atom is 0.319 e. The van der Waals surface area contributed by atoms with Crippen LogP contribution in [0.2, 0.25) is 5.02 Å². The number of methoxy groups -OCH3 is 1. The standard InChI is InChI=1S/C24H23ClFN3O4/c1-32-15-6-5-13(17(26)11-15)12-27-22(30)18-10-14-9-16(25)20-19(21(14)33-18)24(29-23(31)28-20)7-3-2-4-8-24/h5-6,9-11H,2-4,7-8,12H2,1H3,(H,27,30)(H2,28,29,31). The number of carbonyl (C=O) groups excluding carboxylic acids is 2. The first-order valence-electron chi connectivity index (χ1n) is 10.9. The molecule has 3 N–H and O–H groups in total. The van der Waals surface area contributed by atoms with Crippen LogP contribution in [0.4, 0.5) is 14.9 Å². The molecule has 5 rings (SSSR count). The van der Waals surface area contributed by atoms with Crippen molar-refractivity contribution in [2.45, 2.75) is 44.2 Å². The van der Waals surface area contributed by atoms with Gasteiger partial charge in [0.25, 0.3) is 5.91 Å². The Kier molecular flexibility index (Phi) is 5.40. The summed E-state index contributed by atoms with van der Waals surface area (Å²) in [5.41, 5.74) is 1.57. The zero-order valence-electron chi connectivity index (χ0n) is 18.0. The number of anilines is 1. The number of benzene rings is 2. The van der Waals surface area contributed by atoms with E-state index in [4.69, 9.17) is 20.8 Å². The van der Waals surface area contributed by atoms with E-state index >= 15 is 0 Å². The van der Waals surface area contributed by atoms with Gasteiger partial charge < -0.3 is 25.1 Å². The Bertz CT molecular complexity index is 1270. The van der Waals surface area contributed by atoms with Gasteiger partial charge in [-0.25, -0.2) is 9.18 Å². The summed E-state index contributed by atoms with van der Waals surface area (Å²) in [6.45, 7) is -0.00782. The fourth-order valence-electron chi connectivity index (χ4n) is 4.86. The maximum atomic E-state index is 14.2. The summed E-state index contributed by atoms with van der Waals surface area (Å²) in [7, 11) is 1.46. The Hall–Kier alpha value is -3.26. The Morgan fingerprint density at radius 3 is 2.76 bits per heavy atom. The van der Waals surface area contributed by atoms with Gasteiger partial charge in [0.05, 0.1) is 23.4 Å². The van der Waals surface area contributed by atoms with Gasteiger partial charge in [-0.1, -0.05) is 36.9 Å². The van der Waals surface area contributed by atoms with Gasteiger partial charge in [0.15, 0.2) is 5.76 Å². The van der Waals surface area contributed by atoms with Crippen molar-refractivity contribution in [1.29, 1.82) is 0 Å². The molecule has 2 heterocycles. The number of fused-ring (bicyclic) bond motifs is 4. The van der Waals surface area contributed by atoms with Crippen molar-refractivity contribution in [1.82, 2.24) is 10.6 Å². The normalized spacial score (nSPS) is 16.8. The van der Waals surface area contributed by atoms with E-state index in [0.29, 0.717) is 33.0 Å². The molecule has 3 aromatic rings. The topological polar surface area (TPSA) is 92.6 Å². The Morgan fingerprint density at radius 2 is 2.03 bits per heavy atom. The minimum Gasteiger partial charge on any atom is -0.497 e. The fraction of sp³-hybridized carbons (Fsp3) is 0.333. The van der Waals surface area contributed by atoms with E-state index in [9.17, 15) is 14.0 Å². The van der Waals surface area contributed by atoms with Crippen molar-refractivity contribution in [2.75, 3.05) is 12.4 Å². The van der Waals surface area contributed by atoms with Crippen LogP contribution in [-0.2, 0) is 12.1 Å². The molecular formula is C24H23ClFN3O4. The number of hydrogen-bond acceptors (Lipinski definition) is 4. The second-order valence-corrected chi connectivity index (χ2v) is 8.91. The Morgan fingerprint density at radius 1 is 1.24 bits per heavy atom. The molecule has 3 amide bonds. The van der Waals surface area contributed by atoms with Crippen LogP contribution in [0.3, 0.4) is 0 Å². The summed E-state index contributed by atoms with van der Waals surface area (Å²) in [6, 6.07) is 7.46. The molecule has 172 valence electrons. The molecular weight excluding hydrogens is 449 g/mol. The number of carbonyl (C=O) groups is 2. The second-order valence-electron chi connectivity index (χ2n) is 8.50. The highest BCUT2D eigenvalue weighted by Crippen LogP contribution is 2.48. The number of hydrogen-bond donors (Lipinski definition) is 3. The van der Waals surface area contributed by atoms with E-state index < -0.39 is 17.3 Å². The molecule has 1 saturated carbocycles. The fourth-order valence-corrected chi connectivity index (χ4v) is 5.12. The lowest BCUT2D eigenvalue weighted by atomic mass is 9.74. The summed E-state index contributed by atoms with van der Waals surface area (Å²) in [4.78, 5) is 25.2. The first-order chi connectivity index (χ1) is 15.9. The van der Waals surface area contributed by atoms with E-state index in [1.54, 1.807) is 24.3 Å². The predicted molar refractivity (Wildman–Crippen MR) is 122 cm³/mol.